The Morgan fingerprint density at radius 2 is 2.00 bits per heavy atom. The van der Waals surface area contributed by atoms with E-state index >= 15 is 0 Å². The second kappa shape index (κ2) is 6.52. The van der Waals surface area contributed by atoms with Gasteiger partial charge >= 0.3 is 6.18 Å². The predicted molar refractivity (Wildman–Crippen MR) is 73.5 cm³/mol. The van der Waals surface area contributed by atoms with Crippen molar-refractivity contribution in [2.24, 2.45) is 23.5 Å². The van der Waals surface area contributed by atoms with Crippen molar-refractivity contribution in [2.45, 2.75) is 37.9 Å². The Bertz CT molecular complexity index is 373. The second-order valence-corrected chi connectivity index (χ2v) is 6.43. The van der Waals surface area contributed by atoms with Gasteiger partial charge in [-0.15, -0.1) is 0 Å². The van der Waals surface area contributed by atoms with Gasteiger partial charge in [0, 0.05) is 12.6 Å². The van der Waals surface area contributed by atoms with Crippen molar-refractivity contribution in [3.8, 4) is 0 Å². The number of hydrogen-bond acceptors (Lipinski definition) is 3. The summed E-state index contributed by atoms with van der Waals surface area (Å²) in [6.07, 6.45) is -0.418. The third-order valence-electron chi connectivity index (χ3n) is 4.75. The maximum atomic E-state index is 12.2. The lowest BCUT2D eigenvalue weighted by Gasteiger charge is -2.27. The molecule has 2 bridgehead atoms. The summed E-state index contributed by atoms with van der Waals surface area (Å²) in [5.74, 6) is 0.756. The molecule has 4 unspecified atom stereocenters. The summed E-state index contributed by atoms with van der Waals surface area (Å²) < 4.78 is 36.5. The number of carbonyl (C=O) groups excluding carboxylic acids is 1. The topological polar surface area (TPSA) is 58.4 Å². The molecule has 2 aliphatic rings. The van der Waals surface area contributed by atoms with Crippen LogP contribution in [0.3, 0.4) is 0 Å². The van der Waals surface area contributed by atoms with Crippen LogP contribution in [0.2, 0.25) is 0 Å². The summed E-state index contributed by atoms with van der Waals surface area (Å²) in [7, 11) is 1.43. The molecule has 0 aromatic heterocycles. The van der Waals surface area contributed by atoms with Crippen molar-refractivity contribution < 1.29 is 18.0 Å². The number of halogens is 3. The van der Waals surface area contributed by atoms with Crippen LogP contribution in [0, 0.1) is 17.8 Å². The Hall–Kier alpha value is -0.820. The zero-order valence-corrected chi connectivity index (χ0v) is 12.3. The number of amides is 1. The Morgan fingerprint density at radius 1 is 1.33 bits per heavy atom. The molecule has 0 aromatic rings. The number of nitrogens with two attached hydrogens (primary N) is 1. The number of nitrogens with zero attached hydrogens (tertiary/aromatic N) is 1. The predicted octanol–water partition coefficient (Wildman–Crippen LogP) is 1.36. The quantitative estimate of drug-likeness (QED) is 0.729. The Kier molecular flexibility index (Phi) is 5.14. The Labute approximate surface area is 123 Å². The molecular weight excluding hydrogens is 283 g/mol. The van der Waals surface area contributed by atoms with Crippen molar-refractivity contribution in [2.75, 3.05) is 26.7 Å². The normalized spacial score (nSPS) is 31.9. The lowest BCUT2D eigenvalue weighted by atomic mass is 9.84. The van der Waals surface area contributed by atoms with E-state index in [2.05, 4.69) is 5.32 Å². The van der Waals surface area contributed by atoms with E-state index in [4.69, 9.17) is 5.73 Å². The molecule has 4 nitrogen and oxygen atoms in total. The van der Waals surface area contributed by atoms with Gasteiger partial charge in [-0.25, -0.2) is 0 Å². The highest BCUT2D eigenvalue weighted by Gasteiger charge is 2.48. The van der Waals surface area contributed by atoms with Crippen LogP contribution in [-0.4, -0.2) is 49.7 Å². The van der Waals surface area contributed by atoms with Gasteiger partial charge < -0.3 is 11.1 Å². The molecule has 0 heterocycles. The molecule has 0 aromatic carbocycles. The molecule has 3 N–H and O–H groups in total. The SMILES string of the molecule is CN(CCCNC(=O)C1C2CCC(C2)C1N)CC(F)(F)F. The first-order valence-corrected chi connectivity index (χ1v) is 7.56. The number of carbonyl (C=O) groups is 1. The fourth-order valence-electron chi connectivity index (χ4n) is 3.79. The van der Waals surface area contributed by atoms with Crippen LogP contribution < -0.4 is 11.1 Å². The first-order valence-electron chi connectivity index (χ1n) is 7.56. The third kappa shape index (κ3) is 4.32. The van der Waals surface area contributed by atoms with E-state index in [0.717, 1.165) is 19.3 Å². The van der Waals surface area contributed by atoms with Gasteiger partial charge in [-0.3, -0.25) is 9.69 Å². The fraction of sp³-hybridized carbons (Fsp3) is 0.929. The average molecular weight is 307 g/mol. The minimum atomic E-state index is -4.17. The molecule has 7 heteroatoms. The van der Waals surface area contributed by atoms with Gasteiger partial charge in [-0.2, -0.15) is 13.2 Å². The largest absolute Gasteiger partial charge is 0.401 e. The maximum absolute atomic E-state index is 12.2. The monoisotopic (exact) mass is 307 g/mol. The summed E-state index contributed by atoms with van der Waals surface area (Å²) in [6.45, 7) is -0.206. The van der Waals surface area contributed by atoms with E-state index < -0.39 is 12.7 Å². The molecule has 2 fully saturated rings. The van der Waals surface area contributed by atoms with Crippen molar-refractivity contribution in [3.05, 3.63) is 0 Å². The van der Waals surface area contributed by atoms with Crippen molar-refractivity contribution in [3.63, 3.8) is 0 Å². The van der Waals surface area contributed by atoms with Crippen LogP contribution in [0.5, 0.6) is 0 Å². The molecule has 2 aliphatic carbocycles. The van der Waals surface area contributed by atoms with Gasteiger partial charge in [0.15, 0.2) is 0 Å². The number of hydrogen-bond donors (Lipinski definition) is 2. The molecule has 0 saturated heterocycles. The first-order chi connectivity index (χ1) is 9.78. The average Bonchev–Trinajstić information content (AvgIpc) is 2.92. The minimum absolute atomic E-state index is 0.0202. The molecular formula is C14H24F3N3O. The highest BCUT2D eigenvalue weighted by atomic mass is 19.4. The van der Waals surface area contributed by atoms with Crippen molar-refractivity contribution in [1.29, 1.82) is 0 Å². The number of alkyl halides is 3. The first kappa shape index (κ1) is 16.5. The highest BCUT2D eigenvalue weighted by molar-refractivity contribution is 5.80. The third-order valence-corrected chi connectivity index (χ3v) is 4.75. The molecule has 4 atom stereocenters. The summed E-state index contributed by atoms with van der Waals surface area (Å²) >= 11 is 0. The lowest BCUT2D eigenvalue weighted by molar-refractivity contribution is -0.143. The van der Waals surface area contributed by atoms with Crippen LogP contribution in [0.15, 0.2) is 0 Å². The number of rotatable bonds is 6. The number of fused-ring (bicyclic) bond motifs is 2. The molecule has 0 aliphatic heterocycles. The van der Waals surface area contributed by atoms with Gasteiger partial charge in [0.2, 0.25) is 5.91 Å². The van der Waals surface area contributed by atoms with Crippen molar-refractivity contribution in [1.82, 2.24) is 10.2 Å². The zero-order chi connectivity index (χ0) is 15.6. The van der Waals surface area contributed by atoms with Gasteiger partial charge in [0.1, 0.15) is 0 Å². The van der Waals surface area contributed by atoms with E-state index in [1.165, 1.54) is 11.9 Å². The standard InChI is InChI=1S/C14H24F3N3O/c1-20(8-14(15,16)17)6-2-5-19-13(21)11-9-3-4-10(7-9)12(11)18/h9-12H,2-8,18H2,1H3,(H,19,21). The summed E-state index contributed by atoms with van der Waals surface area (Å²) in [5, 5.41) is 2.83. The summed E-state index contributed by atoms with van der Waals surface area (Å²) in [4.78, 5) is 13.4. The Morgan fingerprint density at radius 3 is 2.57 bits per heavy atom. The highest BCUT2D eigenvalue weighted by Crippen LogP contribution is 2.47. The van der Waals surface area contributed by atoms with Gasteiger partial charge in [-0.1, -0.05) is 0 Å². The molecule has 21 heavy (non-hydrogen) atoms. The summed E-state index contributed by atoms with van der Waals surface area (Å²) in [6, 6.07) is -0.0448. The Balaban J connectivity index is 1.64. The molecule has 1 amide bonds. The van der Waals surface area contributed by atoms with Gasteiger partial charge in [0.25, 0.3) is 0 Å². The molecule has 0 spiro atoms. The zero-order valence-electron chi connectivity index (χ0n) is 12.3. The van der Waals surface area contributed by atoms with Crippen molar-refractivity contribution >= 4 is 5.91 Å². The maximum Gasteiger partial charge on any atom is 0.401 e. The minimum Gasteiger partial charge on any atom is -0.356 e. The number of nitrogens with one attached hydrogen (secondary N) is 1. The van der Waals surface area contributed by atoms with Crippen LogP contribution >= 0.6 is 0 Å². The molecule has 2 saturated carbocycles. The van der Waals surface area contributed by atoms with Crippen LogP contribution in [0.1, 0.15) is 25.7 Å². The second-order valence-electron chi connectivity index (χ2n) is 6.43. The van der Waals surface area contributed by atoms with E-state index in [1.54, 1.807) is 0 Å². The van der Waals surface area contributed by atoms with Crippen LogP contribution in [0.25, 0.3) is 0 Å². The smallest absolute Gasteiger partial charge is 0.356 e. The molecule has 2 rings (SSSR count). The molecule has 122 valence electrons. The van der Waals surface area contributed by atoms with Gasteiger partial charge in [-0.05, 0) is 51.1 Å². The van der Waals surface area contributed by atoms with E-state index in [1.807, 2.05) is 0 Å². The van der Waals surface area contributed by atoms with E-state index in [0.29, 0.717) is 31.3 Å². The fourth-order valence-corrected chi connectivity index (χ4v) is 3.79. The van der Waals surface area contributed by atoms with E-state index in [9.17, 15) is 18.0 Å². The molecule has 0 radical (unpaired) electrons. The lowest BCUT2D eigenvalue weighted by Crippen LogP contribution is -2.45. The van der Waals surface area contributed by atoms with Gasteiger partial charge in [0.05, 0.1) is 12.5 Å². The summed E-state index contributed by atoms with van der Waals surface area (Å²) in [5.41, 5.74) is 6.09. The van der Waals surface area contributed by atoms with Crippen LogP contribution in [0.4, 0.5) is 13.2 Å². The van der Waals surface area contributed by atoms with E-state index in [-0.39, 0.29) is 17.9 Å². The van der Waals surface area contributed by atoms with Crippen LogP contribution in [-0.2, 0) is 4.79 Å².